The van der Waals surface area contributed by atoms with Gasteiger partial charge in [-0.2, -0.15) is 5.10 Å². The minimum atomic E-state index is -3.34. The largest absolute Gasteiger partial charge is 0.357 e. The molecule has 0 aliphatic rings. The lowest BCUT2D eigenvalue weighted by Gasteiger charge is -2.22. The van der Waals surface area contributed by atoms with Crippen LogP contribution in [0.15, 0.2) is 46.4 Å². The molecule has 1 aromatic heterocycles. The van der Waals surface area contributed by atoms with E-state index in [0.717, 1.165) is 11.3 Å². The van der Waals surface area contributed by atoms with Gasteiger partial charge in [0.1, 0.15) is 0 Å². The second-order valence-corrected chi connectivity index (χ2v) is 9.20. The first-order valence-electron chi connectivity index (χ1n) is 9.54. The molecule has 0 unspecified atom stereocenters. The first-order chi connectivity index (χ1) is 13.2. The fourth-order valence-corrected chi connectivity index (χ4v) is 4.12. The number of hydrogen-bond donors (Lipinski definition) is 1. The van der Waals surface area contributed by atoms with Gasteiger partial charge in [0.15, 0.2) is 15.8 Å². The molecule has 0 atom stereocenters. The van der Waals surface area contributed by atoms with E-state index < -0.39 is 9.84 Å². The fraction of sp³-hybridized carbons (Fsp3) is 0.500. The number of nitrogens with one attached hydrogen (secondary N) is 1. The molecule has 1 heterocycles. The van der Waals surface area contributed by atoms with Crippen LogP contribution in [0, 0.1) is 0 Å². The molecule has 2 rings (SSSR count). The Bertz CT molecular complexity index is 889. The van der Waals surface area contributed by atoms with E-state index in [1.54, 1.807) is 30.3 Å². The van der Waals surface area contributed by atoms with Gasteiger partial charge in [0.25, 0.3) is 0 Å². The summed E-state index contributed by atoms with van der Waals surface area (Å²) in [7, 11) is 0.532. The predicted molar refractivity (Wildman–Crippen MR) is 113 cm³/mol. The van der Waals surface area contributed by atoms with E-state index in [4.69, 9.17) is 0 Å². The molecule has 0 fully saturated rings. The van der Waals surface area contributed by atoms with Crippen LogP contribution in [-0.2, 0) is 23.4 Å². The molecule has 154 valence electrons. The van der Waals surface area contributed by atoms with Crippen LogP contribution in [0.5, 0.6) is 0 Å². The fourth-order valence-electron chi connectivity index (χ4n) is 2.98. The first-order valence-corrected chi connectivity index (χ1v) is 11.2. The summed E-state index contributed by atoms with van der Waals surface area (Å²) in [6.07, 6.45) is 2.02. The average Bonchev–Trinajstić information content (AvgIpc) is 3.02. The van der Waals surface area contributed by atoms with Crippen molar-refractivity contribution in [3.05, 3.63) is 47.8 Å². The van der Waals surface area contributed by atoms with Crippen molar-refractivity contribution in [3.8, 4) is 0 Å². The van der Waals surface area contributed by atoms with Gasteiger partial charge in [-0.1, -0.05) is 32.0 Å². The number of hydrogen-bond acceptors (Lipinski definition) is 4. The predicted octanol–water partition coefficient (Wildman–Crippen LogP) is 2.41. The molecule has 0 saturated heterocycles. The number of aryl methyl sites for hydroxylation is 1. The van der Waals surface area contributed by atoms with Crippen LogP contribution in [0.25, 0.3) is 0 Å². The van der Waals surface area contributed by atoms with Gasteiger partial charge in [-0.15, -0.1) is 0 Å². The molecule has 0 aliphatic heterocycles. The van der Waals surface area contributed by atoms with Crippen molar-refractivity contribution >= 4 is 15.8 Å². The van der Waals surface area contributed by atoms with Crippen molar-refractivity contribution in [2.24, 2.45) is 12.0 Å². The summed E-state index contributed by atoms with van der Waals surface area (Å²) >= 11 is 0. The topological polar surface area (TPSA) is 79.6 Å². The molecule has 1 N–H and O–H groups in total. The van der Waals surface area contributed by atoms with Crippen LogP contribution >= 0.6 is 0 Å². The third kappa shape index (κ3) is 5.82. The molecular formula is C20H31N5O2S. The van der Waals surface area contributed by atoms with Crippen molar-refractivity contribution in [3.63, 3.8) is 0 Å². The van der Waals surface area contributed by atoms with Crippen molar-refractivity contribution in [2.75, 3.05) is 25.9 Å². The molecular weight excluding hydrogens is 374 g/mol. The lowest BCUT2D eigenvalue weighted by Crippen LogP contribution is -2.39. The quantitative estimate of drug-likeness (QED) is 0.539. The molecule has 0 saturated carbocycles. The summed E-state index contributed by atoms with van der Waals surface area (Å²) < 4.78 is 26.7. The number of aliphatic imine (C=N–C) groups is 1. The van der Waals surface area contributed by atoms with Crippen LogP contribution in [-0.4, -0.2) is 54.9 Å². The van der Waals surface area contributed by atoms with E-state index in [9.17, 15) is 8.42 Å². The van der Waals surface area contributed by atoms with Gasteiger partial charge in [-0.05, 0) is 25.0 Å². The molecule has 2 aromatic rings. The Balaban J connectivity index is 2.09. The number of rotatable bonds is 8. The van der Waals surface area contributed by atoms with Crippen molar-refractivity contribution in [1.29, 1.82) is 0 Å². The highest BCUT2D eigenvalue weighted by Gasteiger charge is 2.16. The second kappa shape index (κ2) is 9.73. The van der Waals surface area contributed by atoms with Crippen LogP contribution in [0.2, 0.25) is 0 Å². The zero-order chi connectivity index (χ0) is 20.7. The minimum Gasteiger partial charge on any atom is -0.357 e. The first kappa shape index (κ1) is 21.9. The van der Waals surface area contributed by atoms with E-state index >= 15 is 0 Å². The van der Waals surface area contributed by atoms with Crippen LogP contribution in [0.4, 0.5) is 0 Å². The molecule has 8 heteroatoms. The highest BCUT2D eigenvalue weighted by atomic mass is 32.2. The van der Waals surface area contributed by atoms with Gasteiger partial charge in [0, 0.05) is 38.9 Å². The van der Waals surface area contributed by atoms with Gasteiger partial charge in [-0.25, -0.2) is 8.42 Å². The molecule has 0 aliphatic carbocycles. The maximum absolute atomic E-state index is 12.4. The Labute approximate surface area is 168 Å². The number of aromatic nitrogens is 2. The maximum atomic E-state index is 12.4. The number of nitrogens with zero attached hydrogens (tertiary/aromatic N) is 4. The normalized spacial score (nSPS) is 12.4. The third-order valence-corrected chi connectivity index (χ3v) is 6.02. The Morgan fingerprint density at radius 3 is 2.57 bits per heavy atom. The van der Waals surface area contributed by atoms with Crippen molar-refractivity contribution < 1.29 is 8.42 Å². The standard InChI is InChI=1S/C20H31N5O2S/c1-6-21-20(22-12-13-28(26,27)18-10-8-7-9-11-18)24(4)14-17-15-25(5)23-19(17)16(2)3/h7-11,15-16H,6,12-14H2,1-5H3,(H,21,22). The van der Waals surface area contributed by atoms with Gasteiger partial charge in [0.05, 0.1) is 22.9 Å². The Morgan fingerprint density at radius 2 is 1.96 bits per heavy atom. The molecule has 0 amide bonds. The van der Waals surface area contributed by atoms with E-state index in [2.05, 4.69) is 29.3 Å². The minimum absolute atomic E-state index is 0.0239. The van der Waals surface area contributed by atoms with Gasteiger partial charge in [0.2, 0.25) is 0 Å². The SMILES string of the molecule is CCNC(=NCCS(=O)(=O)c1ccccc1)N(C)Cc1cn(C)nc1C(C)C. The monoisotopic (exact) mass is 405 g/mol. The highest BCUT2D eigenvalue weighted by Crippen LogP contribution is 2.18. The summed E-state index contributed by atoms with van der Waals surface area (Å²) in [6.45, 7) is 7.80. The van der Waals surface area contributed by atoms with E-state index in [1.807, 2.05) is 36.8 Å². The van der Waals surface area contributed by atoms with E-state index in [-0.39, 0.29) is 12.3 Å². The van der Waals surface area contributed by atoms with Crippen LogP contribution in [0.3, 0.4) is 0 Å². The van der Waals surface area contributed by atoms with E-state index in [1.165, 1.54) is 0 Å². The second-order valence-electron chi connectivity index (χ2n) is 7.09. The third-order valence-electron chi connectivity index (χ3n) is 4.31. The highest BCUT2D eigenvalue weighted by molar-refractivity contribution is 7.91. The average molecular weight is 406 g/mol. The van der Waals surface area contributed by atoms with Gasteiger partial charge in [-0.3, -0.25) is 9.67 Å². The summed E-state index contributed by atoms with van der Waals surface area (Å²) in [5.74, 6) is 0.994. The molecule has 0 spiro atoms. The molecule has 7 nitrogen and oxygen atoms in total. The Hall–Kier alpha value is -2.35. The summed E-state index contributed by atoms with van der Waals surface area (Å²) in [4.78, 5) is 6.86. The van der Waals surface area contributed by atoms with Crippen LogP contribution in [0.1, 0.15) is 37.9 Å². The lowest BCUT2D eigenvalue weighted by molar-refractivity contribution is 0.474. The number of sulfone groups is 1. The van der Waals surface area contributed by atoms with E-state index in [0.29, 0.717) is 29.9 Å². The van der Waals surface area contributed by atoms with Crippen molar-refractivity contribution in [2.45, 2.75) is 38.1 Å². The maximum Gasteiger partial charge on any atom is 0.193 e. The number of guanidine groups is 1. The van der Waals surface area contributed by atoms with Crippen molar-refractivity contribution in [1.82, 2.24) is 20.0 Å². The van der Waals surface area contributed by atoms with Gasteiger partial charge >= 0.3 is 0 Å². The zero-order valence-electron chi connectivity index (χ0n) is 17.4. The molecule has 1 aromatic carbocycles. The van der Waals surface area contributed by atoms with Gasteiger partial charge < -0.3 is 10.2 Å². The summed E-state index contributed by atoms with van der Waals surface area (Å²) in [5, 5.41) is 7.79. The Morgan fingerprint density at radius 1 is 1.29 bits per heavy atom. The zero-order valence-corrected chi connectivity index (χ0v) is 18.2. The molecule has 0 bridgehead atoms. The molecule has 28 heavy (non-hydrogen) atoms. The summed E-state index contributed by atoms with van der Waals surface area (Å²) in [6, 6.07) is 8.50. The summed E-state index contributed by atoms with van der Waals surface area (Å²) in [5.41, 5.74) is 2.21. The van der Waals surface area contributed by atoms with Crippen LogP contribution < -0.4 is 5.32 Å². The Kier molecular flexibility index (Phi) is 7.62. The number of benzene rings is 1. The lowest BCUT2D eigenvalue weighted by atomic mass is 10.1. The smallest absolute Gasteiger partial charge is 0.193 e. The molecule has 0 radical (unpaired) electrons.